The SMILES string of the molecule is CN/C(=C\NC1CCC1)CCC(c1ccc(Cl)c(CN2CCOc3ccccc3S2)c1)C(C)(C)C(N)=O. The van der Waals surface area contributed by atoms with Gasteiger partial charge >= 0.3 is 0 Å². The van der Waals surface area contributed by atoms with Gasteiger partial charge in [0.25, 0.3) is 0 Å². The van der Waals surface area contributed by atoms with Crippen molar-refractivity contribution in [1.29, 1.82) is 0 Å². The summed E-state index contributed by atoms with van der Waals surface area (Å²) in [5, 5.41) is 7.56. The van der Waals surface area contributed by atoms with Gasteiger partial charge in [-0.15, -0.1) is 0 Å². The highest BCUT2D eigenvalue weighted by molar-refractivity contribution is 7.97. The van der Waals surface area contributed by atoms with E-state index < -0.39 is 5.41 Å². The van der Waals surface area contributed by atoms with E-state index in [1.54, 1.807) is 11.9 Å². The number of rotatable bonds is 11. The molecule has 0 bridgehead atoms. The van der Waals surface area contributed by atoms with Crippen molar-refractivity contribution >= 4 is 29.5 Å². The summed E-state index contributed by atoms with van der Waals surface area (Å²) in [4.78, 5) is 13.7. The average molecular weight is 543 g/mol. The van der Waals surface area contributed by atoms with Crippen LogP contribution in [-0.2, 0) is 11.3 Å². The van der Waals surface area contributed by atoms with Gasteiger partial charge < -0.3 is 21.1 Å². The highest BCUT2D eigenvalue weighted by atomic mass is 35.5. The number of carbonyl (C=O) groups is 1. The second-order valence-electron chi connectivity index (χ2n) is 10.5. The molecule has 1 atom stereocenters. The number of allylic oxidation sites excluding steroid dienone is 1. The molecule has 0 saturated heterocycles. The largest absolute Gasteiger partial charge is 0.491 e. The molecule has 2 aromatic rings. The number of nitrogens with one attached hydrogen (secondary N) is 2. The van der Waals surface area contributed by atoms with Crippen molar-refractivity contribution in [3.63, 3.8) is 0 Å². The number of primary amides is 1. The van der Waals surface area contributed by atoms with Crippen LogP contribution in [0.3, 0.4) is 0 Å². The molecule has 8 heteroatoms. The minimum absolute atomic E-state index is 0.0534. The van der Waals surface area contributed by atoms with Crippen molar-refractivity contribution in [3.05, 3.63) is 70.5 Å². The Hall–Kier alpha value is -2.35. The molecule has 4 N–H and O–H groups in total. The maximum absolute atomic E-state index is 12.6. The van der Waals surface area contributed by atoms with Crippen LogP contribution in [0.4, 0.5) is 0 Å². The number of amides is 1. The molecule has 1 fully saturated rings. The Kier molecular flexibility index (Phi) is 9.32. The third-order valence-electron chi connectivity index (χ3n) is 7.62. The van der Waals surface area contributed by atoms with Gasteiger partial charge in [0.1, 0.15) is 12.4 Å². The van der Waals surface area contributed by atoms with E-state index in [0.29, 0.717) is 19.2 Å². The van der Waals surface area contributed by atoms with Gasteiger partial charge in [0.2, 0.25) is 5.91 Å². The van der Waals surface area contributed by atoms with Crippen molar-refractivity contribution in [3.8, 4) is 5.75 Å². The third kappa shape index (κ3) is 6.95. The van der Waals surface area contributed by atoms with Crippen molar-refractivity contribution in [2.75, 3.05) is 20.2 Å². The van der Waals surface area contributed by atoms with Crippen LogP contribution in [0, 0.1) is 5.41 Å². The maximum Gasteiger partial charge on any atom is 0.223 e. The predicted octanol–water partition coefficient (Wildman–Crippen LogP) is 5.82. The van der Waals surface area contributed by atoms with Gasteiger partial charge in [0.05, 0.1) is 10.3 Å². The zero-order valence-electron chi connectivity index (χ0n) is 22.1. The van der Waals surface area contributed by atoms with Crippen molar-refractivity contribution < 1.29 is 9.53 Å². The average Bonchev–Trinajstić information content (AvgIpc) is 3.05. The first-order chi connectivity index (χ1) is 17.8. The second-order valence-corrected chi connectivity index (χ2v) is 12.0. The highest BCUT2D eigenvalue weighted by Crippen LogP contribution is 2.41. The number of hydrogen-bond donors (Lipinski definition) is 3. The number of carbonyl (C=O) groups excluding carboxylic acids is 1. The summed E-state index contributed by atoms with van der Waals surface area (Å²) in [6.45, 7) is 5.96. The molecule has 2 aromatic carbocycles. The predicted molar refractivity (Wildman–Crippen MR) is 153 cm³/mol. The molecule has 37 heavy (non-hydrogen) atoms. The van der Waals surface area contributed by atoms with Crippen LogP contribution in [0.25, 0.3) is 0 Å². The quantitative estimate of drug-likeness (QED) is 0.310. The molecule has 4 rings (SSSR count). The van der Waals surface area contributed by atoms with Crippen LogP contribution in [0.15, 0.2) is 59.3 Å². The number of halogens is 1. The van der Waals surface area contributed by atoms with E-state index in [1.807, 2.05) is 51.2 Å². The number of ether oxygens (including phenoxy) is 1. The Morgan fingerprint density at radius 2 is 2.08 bits per heavy atom. The Morgan fingerprint density at radius 3 is 2.78 bits per heavy atom. The third-order valence-corrected chi connectivity index (χ3v) is 9.09. The molecule has 1 unspecified atom stereocenters. The second kappa shape index (κ2) is 12.5. The smallest absolute Gasteiger partial charge is 0.223 e. The van der Waals surface area contributed by atoms with Crippen LogP contribution in [0.1, 0.15) is 63.0 Å². The number of fused-ring (bicyclic) bond motifs is 1. The van der Waals surface area contributed by atoms with Crippen molar-refractivity contribution in [2.24, 2.45) is 11.1 Å². The van der Waals surface area contributed by atoms with E-state index in [1.165, 1.54) is 19.3 Å². The molecule has 1 saturated carbocycles. The standard InChI is InChI=1S/C29H39ClN4O2S/c1-29(2,28(31)35)24(13-12-23(32-3)18-33-22-7-6-8-22)20-11-14-25(30)21(17-20)19-34-15-16-36-26-9-4-5-10-27(26)37-34/h4-5,9-11,14,17-18,22,24,32-33H,6-8,12-13,15-16,19H2,1-3H3,(H2,31,35)/b23-18-. The van der Waals surface area contributed by atoms with Gasteiger partial charge in [-0.1, -0.05) is 49.7 Å². The number of nitrogens with two attached hydrogens (primary N) is 1. The molecule has 0 radical (unpaired) electrons. The maximum atomic E-state index is 12.6. The molecule has 200 valence electrons. The molecule has 1 aliphatic carbocycles. The Balaban J connectivity index is 1.53. The van der Waals surface area contributed by atoms with Crippen LogP contribution in [0.5, 0.6) is 5.75 Å². The number of para-hydroxylation sites is 1. The topological polar surface area (TPSA) is 79.6 Å². The fourth-order valence-electron chi connectivity index (χ4n) is 4.80. The molecule has 0 spiro atoms. The number of hydrogen-bond acceptors (Lipinski definition) is 6. The lowest BCUT2D eigenvalue weighted by Gasteiger charge is -2.33. The lowest BCUT2D eigenvalue weighted by atomic mass is 9.71. The fourth-order valence-corrected chi connectivity index (χ4v) is 5.98. The summed E-state index contributed by atoms with van der Waals surface area (Å²) in [5.41, 5.74) is 8.46. The van der Waals surface area contributed by atoms with Crippen molar-refractivity contribution in [1.82, 2.24) is 14.9 Å². The summed E-state index contributed by atoms with van der Waals surface area (Å²) in [6, 6.07) is 14.8. The highest BCUT2D eigenvalue weighted by Gasteiger charge is 2.36. The number of nitrogens with zero attached hydrogens (tertiary/aromatic N) is 1. The van der Waals surface area contributed by atoms with E-state index in [0.717, 1.165) is 51.9 Å². The molecular weight excluding hydrogens is 504 g/mol. The van der Waals surface area contributed by atoms with Gasteiger partial charge in [-0.3, -0.25) is 4.79 Å². The summed E-state index contributed by atoms with van der Waals surface area (Å²) < 4.78 is 8.20. The van der Waals surface area contributed by atoms with Crippen molar-refractivity contribution in [2.45, 2.75) is 69.4 Å². The molecule has 2 aliphatic rings. The van der Waals surface area contributed by atoms with Crippen LogP contribution >= 0.6 is 23.5 Å². The van der Waals surface area contributed by atoms with Crippen LogP contribution < -0.4 is 21.1 Å². The summed E-state index contributed by atoms with van der Waals surface area (Å²) in [6.07, 6.45) is 7.45. The van der Waals surface area contributed by atoms with Gasteiger partial charge in [-0.2, -0.15) is 0 Å². The zero-order chi connectivity index (χ0) is 26.4. The first-order valence-corrected chi connectivity index (χ1v) is 14.3. The van der Waals surface area contributed by atoms with E-state index in [4.69, 9.17) is 22.1 Å². The van der Waals surface area contributed by atoms with E-state index in [-0.39, 0.29) is 11.8 Å². The normalized spacial score (nSPS) is 17.7. The first kappa shape index (κ1) is 27.7. The van der Waals surface area contributed by atoms with Gasteiger partial charge in [0.15, 0.2) is 0 Å². The van der Waals surface area contributed by atoms with Crippen LogP contribution in [-0.4, -0.2) is 36.5 Å². The molecule has 6 nitrogen and oxygen atoms in total. The van der Waals surface area contributed by atoms with E-state index in [9.17, 15) is 4.79 Å². The first-order valence-electron chi connectivity index (χ1n) is 13.1. The van der Waals surface area contributed by atoms with E-state index in [2.05, 4.69) is 33.3 Å². The summed E-state index contributed by atoms with van der Waals surface area (Å²) in [7, 11) is 1.95. The Morgan fingerprint density at radius 1 is 1.30 bits per heavy atom. The summed E-state index contributed by atoms with van der Waals surface area (Å²) in [5.74, 6) is 0.564. The lowest BCUT2D eigenvalue weighted by molar-refractivity contribution is -0.127. The monoisotopic (exact) mass is 542 g/mol. The van der Waals surface area contributed by atoms with Gasteiger partial charge in [-0.05, 0) is 79.3 Å². The minimum Gasteiger partial charge on any atom is -0.491 e. The molecule has 1 amide bonds. The lowest BCUT2D eigenvalue weighted by Crippen LogP contribution is -2.37. The Bertz CT molecular complexity index is 1120. The Labute approximate surface area is 230 Å². The van der Waals surface area contributed by atoms with Gasteiger partial charge in [-0.25, -0.2) is 4.31 Å². The van der Waals surface area contributed by atoms with E-state index >= 15 is 0 Å². The zero-order valence-corrected chi connectivity index (χ0v) is 23.6. The van der Waals surface area contributed by atoms with Gasteiger partial charge in [0, 0.05) is 43.1 Å². The fraction of sp³-hybridized carbons (Fsp3) is 0.483. The summed E-state index contributed by atoms with van der Waals surface area (Å²) >= 11 is 8.38. The molecule has 0 aromatic heterocycles. The molecule has 1 heterocycles. The molecule has 1 aliphatic heterocycles. The molecular formula is C29H39ClN4O2S. The van der Waals surface area contributed by atoms with Crippen LogP contribution in [0.2, 0.25) is 5.02 Å². The number of benzene rings is 2. The minimum atomic E-state index is -0.713.